The third-order valence-electron chi connectivity index (χ3n) is 9.29. The van der Waals surface area contributed by atoms with Crippen molar-refractivity contribution in [1.29, 1.82) is 0 Å². The summed E-state index contributed by atoms with van der Waals surface area (Å²) in [6.07, 6.45) is 15.2. The van der Waals surface area contributed by atoms with Crippen LogP contribution in [0, 0.1) is 5.92 Å². The number of carbonyl (C=O) groups excluding carboxylic acids is 1. The fraction of sp³-hybridized carbons (Fsp3) is 0.645. The first-order valence-corrected chi connectivity index (χ1v) is 16.7. The van der Waals surface area contributed by atoms with Crippen LogP contribution >= 0.6 is 0 Å². The molecular weight excluding hydrogens is 508 g/mol. The molecule has 3 heterocycles. The summed E-state index contributed by atoms with van der Waals surface area (Å²) in [7, 11) is -3.39. The average molecular weight is 555 g/mol. The molecule has 1 saturated carbocycles. The molecule has 1 aromatic carbocycles. The van der Waals surface area contributed by atoms with Crippen LogP contribution in [-0.4, -0.2) is 49.8 Å². The number of nitrogens with zero attached hydrogens (tertiary/aromatic N) is 1. The van der Waals surface area contributed by atoms with E-state index in [1.54, 1.807) is 28.6 Å². The second-order valence-electron chi connectivity index (χ2n) is 12.0. The Morgan fingerprint density at radius 3 is 2.38 bits per heavy atom. The fourth-order valence-electron chi connectivity index (χ4n) is 6.98. The first-order chi connectivity index (χ1) is 19.0. The molecule has 0 unspecified atom stereocenters. The van der Waals surface area contributed by atoms with Gasteiger partial charge in [0.1, 0.15) is 5.69 Å². The van der Waals surface area contributed by atoms with E-state index in [-0.39, 0.29) is 11.3 Å². The molecule has 8 heteroatoms. The first kappa shape index (κ1) is 28.4. The first-order valence-electron chi connectivity index (χ1n) is 15.2. The van der Waals surface area contributed by atoms with Crippen molar-refractivity contribution in [2.24, 2.45) is 5.92 Å². The number of nitrogens with one attached hydrogen (secondary N) is 3. The molecule has 214 valence electrons. The highest BCUT2D eigenvalue weighted by atomic mass is 32.2. The van der Waals surface area contributed by atoms with Gasteiger partial charge >= 0.3 is 0 Å². The lowest BCUT2D eigenvalue weighted by Crippen LogP contribution is -2.43. The third kappa shape index (κ3) is 6.77. The van der Waals surface area contributed by atoms with Gasteiger partial charge in [-0.25, -0.2) is 8.42 Å². The van der Waals surface area contributed by atoms with Gasteiger partial charge in [-0.15, -0.1) is 0 Å². The van der Waals surface area contributed by atoms with E-state index in [0.717, 1.165) is 45.2 Å². The maximum atomic E-state index is 13.0. The van der Waals surface area contributed by atoms with Gasteiger partial charge in [0.25, 0.3) is 5.91 Å². The predicted molar refractivity (Wildman–Crippen MR) is 155 cm³/mol. The molecule has 1 aromatic heterocycles. The second kappa shape index (κ2) is 13.0. The molecule has 2 fully saturated rings. The van der Waals surface area contributed by atoms with Crippen LogP contribution in [-0.2, 0) is 22.0 Å². The number of aromatic nitrogens is 1. The van der Waals surface area contributed by atoms with Crippen molar-refractivity contribution >= 4 is 15.9 Å². The molecule has 1 saturated heterocycles. The lowest BCUT2D eigenvalue weighted by atomic mass is 9.73. The van der Waals surface area contributed by atoms with E-state index >= 15 is 0 Å². The van der Waals surface area contributed by atoms with Crippen LogP contribution in [0.1, 0.15) is 105 Å². The maximum Gasteiger partial charge on any atom is 0.267 e. The number of sulfonamides is 1. The van der Waals surface area contributed by atoms with Gasteiger partial charge in [0, 0.05) is 43.8 Å². The molecule has 2 aliphatic heterocycles. The summed E-state index contributed by atoms with van der Waals surface area (Å²) >= 11 is 0. The molecule has 0 atom stereocenters. The maximum absolute atomic E-state index is 13.0. The van der Waals surface area contributed by atoms with E-state index in [0.29, 0.717) is 36.1 Å². The summed E-state index contributed by atoms with van der Waals surface area (Å²) < 4.78 is 27.3. The predicted octanol–water partition coefficient (Wildman–Crippen LogP) is 5.49. The van der Waals surface area contributed by atoms with Gasteiger partial charge in [0.2, 0.25) is 10.0 Å². The Hall–Kier alpha value is -2.16. The number of carbonyl (C=O) groups is 1. The summed E-state index contributed by atoms with van der Waals surface area (Å²) in [6, 6.07) is 10.8. The number of amides is 1. The standard InChI is InChI=1S/C31H46N4O3S/c36-30(28-22-26-23-32-24-31(29(26)34-28)17-9-3-1-2-4-10-18-31)33-19-11-8-12-25-15-20-35(21-16-25)39(37,38)27-13-6-5-7-14-27/h5-7,13-14,22,25,32,34H,1-4,8-12,15-21,23-24H2,(H,33,36). The Morgan fingerprint density at radius 1 is 0.974 bits per heavy atom. The molecule has 3 aliphatic rings. The fourth-order valence-corrected chi connectivity index (χ4v) is 8.47. The Kier molecular flexibility index (Phi) is 9.46. The monoisotopic (exact) mass is 554 g/mol. The Bertz CT molecular complexity index is 1180. The van der Waals surface area contributed by atoms with Crippen LogP contribution < -0.4 is 10.6 Å². The number of benzene rings is 1. The van der Waals surface area contributed by atoms with E-state index in [1.165, 1.54) is 62.6 Å². The molecule has 1 amide bonds. The number of hydrogen-bond donors (Lipinski definition) is 3. The summed E-state index contributed by atoms with van der Waals surface area (Å²) in [6.45, 7) is 3.71. The van der Waals surface area contributed by atoms with Gasteiger partial charge in [-0.3, -0.25) is 4.79 Å². The lowest BCUT2D eigenvalue weighted by molar-refractivity contribution is 0.0948. The normalized spacial score (nSPS) is 21.0. The van der Waals surface area contributed by atoms with Crippen molar-refractivity contribution in [3.05, 3.63) is 53.3 Å². The van der Waals surface area contributed by atoms with Crippen molar-refractivity contribution in [2.75, 3.05) is 26.2 Å². The van der Waals surface area contributed by atoms with Gasteiger partial charge in [-0.05, 0) is 61.8 Å². The van der Waals surface area contributed by atoms with Gasteiger partial charge in [-0.1, -0.05) is 69.6 Å². The van der Waals surface area contributed by atoms with E-state index in [4.69, 9.17) is 0 Å². The highest BCUT2D eigenvalue weighted by Crippen LogP contribution is 2.40. The summed E-state index contributed by atoms with van der Waals surface area (Å²) in [5.74, 6) is 0.553. The van der Waals surface area contributed by atoms with Crippen LogP contribution in [0.3, 0.4) is 0 Å². The molecule has 0 radical (unpaired) electrons. The summed E-state index contributed by atoms with van der Waals surface area (Å²) in [5.41, 5.74) is 3.43. The number of H-pyrrole nitrogens is 1. The van der Waals surface area contributed by atoms with E-state index in [1.807, 2.05) is 6.07 Å². The molecule has 1 aliphatic carbocycles. The van der Waals surface area contributed by atoms with Gasteiger partial charge in [0.05, 0.1) is 4.90 Å². The second-order valence-corrected chi connectivity index (χ2v) is 13.9. The Balaban J connectivity index is 1.05. The Labute approximate surface area is 234 Å². The number of aromatic amines is 1. The molecule has 2 aromatic rings. The SMILES string of the molecule is O=C(NCCCCC1CCN(S(=O)(=O)c2ccccc2)CC1)c1cc2c([nH]1)C1(CCCCCCCC1)CNC2. The van der Waals surface area contributed by atoms with E-state index < -0.39 is 10.0 Å². The molecule has 7 nitrogen and oxygen atoms in total. The minimum Gasteiger partial charge on any atom is -0.354 e. The number of piperidine rings is 1. The van der Waals surface area contributed by atoms with Crippen molar-refractivity contribution in [3.63, 3.8) is 0 Å². The molecule has 39 heavy (non-hydrogen) atoms. The minimum atomic E-state index is -3.39. The van der Waals surface area contributed by atoms with Gasteiger partial charge in [-0.2, -0.15) is 4.31 Å². The summed E-state index contributed by atoms with van der Waals surface area (Å²) in [4.78, 5) is 17.0. The average Bonchev–Trinajstić information content (AvgIpc) is 3.44. The third-order valence-corrected chi connectivity index (χ3v) is 11.2. The van der Waals surface area contributed by atoms with Crippen LogP contribution in [0.5, 0.6) is 0 Å². The van der Waals surface area contributed by atoms with Crippen molar-refractivity contribution in [1.82, 2.24) is 19.9 Å². The van der Waals surface area contributed by atoms with Crippen molar-refractivity contribution in [3.8, 4) is 0 Å². The molecular formula is C31H46N4O3S. The van der Waals surface area contributed by atoms with Gasteiger partial charge < -0.3 is 15.6 Å². The topological polar surface area (TPSA) is 94.3 Å². The minimum absolute atomic E-state index is 0.00189. The zero-order valence-electron chi connectivity index (χ0n) is 23.3. The smallest absolute Gasteiger partial charge is 0.267 e. The van der Waals surface area contributed by atoms with Crippen LogP contribution in [0.4, 0.5) is 0 Å². The van der Waals surface area contributed by atoms with Crippen molar-refractivity contribution < 1.29 is 13.2 Å². The van der Waals surface area contributed by atoms with Crippen LogP contribution in [0.2, 0.25) is 0 Å². The largest absolute Gasteiger partial charge is 0.354 e. The number of unbranched alkanes of at least 4 members (excludes halogenated alkanes) is 1. The van der Waals surface area contributed by atoms with Crippen LogP contribution in [0.15, 0.2) is 41.3 Å². The zero-order chi connectivity index (χ0) is 27.1. The zero-order valence-corrected chi connectivity index (χ0v) is 24.2. The molecule has 1 spiro atoms. The Morgan fingerprint density at radius 2 is 1.67 bits per heavy atom. The number of fused-ring (bicyclic) bond motifs is 2. The molecule has 3 N–H and O–H groups in total. The molecule has 5 rings (SSSR count). The highest BCUT2D eigenvalue weighted by Gasteiger charge is 2.38. The van der Waals surface area contributed by atoms with E-state index in [2.05, 4.69) is 21.7 Å². The number of rotatable bonds is 8. The molecule has 0 bridgehead atoms. The van der Waals surface area contributed by atoms with Gasteiger partial charge in [0.15, 0.2) is 0 Å². The summed E-state index contributed by atoms with van der Waals surface area (Å²) in [5, 5.41) is 6.78. The lowest BCUT2D eigenvalue weighted by Gasteiger charge is -2.38. The number of hydrogen-bond acceptors (Lipinski definition) is 4. The highest BCUT2D eigenvalue weighted by molar-refractivity contribution is 7.89. The van der Waals surface area contributed by atoms with Crippen LogP contribution in [0.25, 0.3) is 0 Å². The van der Waals surface area contributed by atoms with Crippen molar-refractivity contribution in [2.45, 2.75) is 100 Å². The quantitative estimate of drug-likeness (QED) is 0.376. The van der Waals surface area contributed by atoms with E-state index in [9.17, 15) is 13.2 Å².